The van der Waals surface area contributed by atoms with Crippen LogP contribution in [0.3, 0.4) is 0 Å². The van der Waals surface area contributed by atoms with Crippen molar-refractivity contribution in [3.63, 3.8) is 0 Å². The molecule has 7 atom stereocenters. The van der Waals surface area contributed by atoms with E-state index in [-0.39, 0.29) is 25.0 Å². The Morgan fingerprint density at radius 2 is 1.46 bits per heavy atom. The largest absolute Gasteiger partial charge is 0.464 e. The Morgan fingerprint density at radius 1 is 0.885 bits per heavy atom. The van der Waals surface area contributed by atoms with Crippen LogP contribution in [0, 0.1) is 40.3 Å². The third-order valence-corrected chi connectivity index (χ3v) is 9.85. The van der Waals surface area contributed by atoms with Gasteiger partial charge in [0.25, 0.3) is 5.91 Å². The summed E-state index contributed by atoms with van der Waals surface area (Å²) in [6.45, 7) is 17.9. The molecule has 0 bridgehead atoms. The number of likely N-dealkylation sites (tertiary alicyclic amines) is 1. The highest BCUT2D eigenvalue weighted by molar-refractivity contribution is 9.12. The molecule has 0 aromatic carbocycles. The molecule has 14 heteroatoms. The molecular weight excluding hydrogens is 736 g/mol. The van der Waals surface area contributed by atoms with Gasteiger partial charge in [0, 0.05) is 43.0 Å². The van der Waals surface area contributed by atoms with E-state index in [1.54, 1.807) is 55.4 Å². The number of aliphatic hydroxyl groups is 1. The van der Waals surface area contributed by atoms with E-state index in [4.69, 9.17) is 9.47 Å². The number of ether oxygens (including phenoxy) is 2. The van der Waals surface area contributed by atoms with Crippen LogP contribution in [-0.2, 0) is 38.2 Å². The summed E-state index contributed by atoms with van der Waals surface area (Å²) in [5.74, 6) is -2.66. The second-order valence-electron chi connectivity index (χ2n) is 15.1. The van der Waals surface area contributed by atoms with Crippen molar-refractivity contribution < 1.29 is 43.3 Å². The predicted molar refractivity (Wildman–Crippen MR) is 201 cm³/mol. The maximum Gasteiger partial charge on any atom is 0.329 e. The summed E-state index contributed by atoms with van der Waals surface area (Å²) in [7, 11) is 2.99. The van der Waals surface area contributed by atoms with E-state index in [1.807, 2.05) is 13.8 Å². The summed E-state index contributed by atoms with van der Waals surface area (Å²) in [5, 5.41) is 13.4. The molecule has 52 heavy (non-hydrogen) atoms. The average Bonchev–Trinajstić information content (AvgIpc) is 3.56. The second kappa shape index (κ2) is 22.1. The van der Waals surface area contributed by atoms with Gasteiger partial charge < -0.3 is 34.6 Å². The Kier molecular flexibility index (Phi) is 19.9. The molecule has 2 N–H and O–H groups in total. The topological polar surface area (TPSA) is 163 Å². The van der Waals surface area contributed by atoms with E-state index in [9.17, 15) is 33.9 Å². The smallest absolute Gasteiger partial charge is 0.329 e. The fourth-order valence-electron chi connectivity index (χ4n) is 6.50. The molecule has 1 saturated heterocycles. The van der Waals surface area contributed by atoms with E-state index < -0.39 is 89.7 Å². The van der Waals surface area contributed by atoms with Crippen LogP contribution in [0.5, 0.6) is 0 Å². The first-order valence-corrected chi connectivity index (χ1v) is 19.3. The third-order valence-electron chi connectivity index (χ3n) is 9.56. The van der Waals surface area contributed by atoms with E-state index in [0.29, 0.717) is 32.1 Å². The molecule has 1 aliphatic rings. The van der Waals surface area contributed by atoms with E-state index >= 15 is 0 Å². The van der Waals surface area contributed by atoms with Crippen LogP contribution in [0.4, 0.5) is 0 Å². The maximum absolute atomic E-state index is 14.1. The van der Waals surface area contributed by atoms with Crippen molar-refractivity contribution in [1.82, 2.24) is 20.0 Å². The minimum absolute atomic E-state index is 0.169. The van der Waals surface area contributed by atoms with Gasteiger partial charge in [0.15, 0.2) is 6.10 Å². The molecule has 1 aliphatic heterocycles. The van der Waals surface area contributed by atoms with Crippen molar-refractivity contribution in [2.75, 3.05) is 27.2 Å². The van der Waals surface area contributed by atoms with Gasteiger partial charge in [0.05, 0.1) is 18.6 Å². The highest BCUT2D eigenvalue weighted by atomic mass is 79.9. The number of unbranched alkanes of at least 4 members (excludes halogenated alkanes) is 1. The fourth-order valence-corrected chi connectivity index (χ4v) is 6.70. The molecule has 1 fully saturated rings. The lowest BCUT2D eigenvalue weighted by atomic mass is 9.95. The van der Waals surface area contributed by atoms with Gasteiger partial charge in [-0.2, -0.15) is 0 Å². The van der Waals surface area contributed by atoms with Crippen molar-refractivity contribution in [2.45, 2.75) is 138 Å². The number of esters is 2. The van der Waals surface area contributed by atoms with Crippen LogP contribution in [0.1, 0.15) is 101 Å². The molecule has 4 amide bonds. The molecule has 296 valence electrons. The fraction of sp³-hybridized carbons (Fsp3) is 0.789. The molecule has 1 rings (SSSR count). The van der Waals surface area contributed by atoms with Crippen LogP contribution in [-0.4, -0.2) is 119 Å². The second-order valence-corrected chi connectivity index (χ2v) is 15.5. The Labute approximate surface area is 319 Å². The number of hydrogen-bond donors (Lipinski definition) is 2. The van der Waals surface area contributed by atoms with E-state index in [0.717, 1.165) is 0 Å². The van der Waals surface area contributed by atoms with Crippen LogP contribution < -0.4 is 5.32 Å². The quantitative estimate of drug-likeness (QED) is 0.113. The highest BCUT2D eigenvalue weighted by Gasteiger charge is 2.45. The zero-order valence-electron chi connectivity index (χ0n) is 33.2. The molecule has 0 aromatic rings. The normalized spacial score (nSPS) is 17.8. The van der Waals surface area contributed by atoms with Gasteiger partial charge in [-0.25, -0.2) is 9.59 Å². The van der Waals surface area contributed by atoms with Crippen molar-refractivity contribution in [3.8, 4) is 10.8 Å². The first kappa shape index (κ1) is 46.8. The molecular formula is C38H63BrN4O9. The molecule has 1 heterocycles. The number of aliphatic hydroxyl groups excluding tert-OH is 1. The summed E-state index contributed by atoms with van der Waals surface area (Å²) in [4.78, 5) is 88.2. The minimum Gasteiger partial charge on any atom is -0.464 e. The summed E-state index contributed by atoms with van der Waals surface area (Å²) in [6, 6.07) is -3.78. The molecule has 0 aromatic heterocycles. The monoisotopic (exact) mass is 798 g/mol. The van der Waals surface area contributed by atoms with Gasteiger partial charge in [-0.05, 0) is 61.1 Å². The molecule has 0 aliphatic carbocycles. The molecule has 0 saturated carbocycles. The van der Waals surface area contributed by atoms with Gasteiger partial charge >= 0.3 is 11.9 Å². The average molecular weight is 800 g/mol. The number of rotatable bonds is 19. The summed E-state index contributed by atoms with van der Waals surface area (Å²) in [5.41, 5.74) is 0. The summed E-state index contributed by atoms with van der Waals surface area (Å²) >= 11 is 3.03. The van der Waals surface area contributed by atoms with Crippen molar-refractivity contribution in [1.29, 1.82) is 0 Å². The number of halogens is 1. The molecule has 0 radical (unpaired) electrons. The lowest BCUT2D eigenvalue weighted by molar-refractivity contribution is -0.172. The van der Waals surface area contributed by atoms with Gasteiger partial charge in [-0.1, -0.05) is 68.2 Å². The Hall–Kier alpha value is -3.18. The van der Waals surface area contributed by atoms with Crippen LogP contribution in [0.15, 0.2) is 0 Å². The number of nitrogens with zero attached hydrogens (tertiary/aromatic N) is 3. The lowest BCUT2D eigenvalue weighted by Crippen LogP contribution is -2.58. The number of amides is 4. The van der Waals surface area contributed by atoms with Crippen LogP contribution in [0.2, 0.25) is 0 Å². The van der Waals surface area contributed by atoms with Gasteiger partial charge in [0.2, 0.25) is 17.7 Å². The number of nitrogens with one attached hydrogen (secondary N) is 1. The molecule has 0 spiro atoms. The summed E-state index contributed by atoms with van der Waals surface area (Å²) in [6.07, 6.45) is 0.293. The highest BCUT2D eigenvalue weighted by Crippen LogP contribution is 2.26. The zero-order valence-corrected chi connectivity index (χ0v) is 34.8. The summed E-state index contributed by atoms with van der Waals surface area (Å²) < 4.78 is 11.1. The van der Waals surface area contributed by atoms with Gasteiger partial charge in [-0.3, -0.25) is 19.2 Å². The number of hydrogen-bond acceptors (Lipinski definition) is 9. The van der Waals surface area contributed by atoms with E-state index in [1.165, 1.54) is 28.8 Å². The molecule has 0 unspecified atom stereocenters. The first-order valence-electron chi connectivity index (χ1n) is 18.5. The number of carbonyl (C=O) groups is 6. The standard InChI is InChI=1S/C38H63BrN4O9/c1-13-51-37(49)30(23(4)5)41(11)34(46)27-18-17-21-43(27)36(48)32(25(8)9)52-38(50)31(24(6)7)42(12)35(47)29(22(2)3)40-33(45)26(10)28(44)19-15-14-16-20-39/h22-32,44H,13-15,17-19,21H2,1-12H3,(H,40,45)/t26-,27-,28+,29-,30-,31-,32-/m0/s1. The molecule has 13 nitrogen and oxygen atoms in total. The first-order chi connectivity index (χ1) is 24.2. The predicted octanol–water partition coefficient (Wildman–Crippen LogP) is 3.74. The SMILES string of the molecule is CCOC(=O)[C@H](C(C)C)N(C)C(=O)[C@@H]1CCCN1C(=O)[C@@H](OC(=O)[C@H](C(C)C)N(C)C(=O)[C@@H](NC(=O)[C@@H](C)[C@H](O)CCCC#CBr)C(C)C)C(C)C. The van der Waals surface area contributed by atoms with Crippen LogP contribution >= 0.6 is 15.9 Å². The number of likely N-dealkylation sites (N-methyl/N-ethyl adjacent to an activating group) is 2. The van der Waals surface area contributed by atoms with Crippen molar-refractivity contribution in [2.24, 2.45) is 29.6 Å². The van der Waals surface area contributed by atoms with Gasteiger partial charge in [0.1, 0.15) is 24.2 Å². The van der Waals surface area contributed by atoms with Crippen LogP contribution in [0.25, 0.3) is 0 Å². The van der Waals surface area contributed by atoms with Crippen molar-refractivity contribution >= 4 is 51.5 Å². The van der Waals surface area contributed by atoms with E-state index in [2.05, 4.69) is 32.0 Å². The maximum atomic E-state index is 14.1. The Morgan fingerprint density at radius 3 is 1.96 bits per heavy atom. The Bertz CT molecular complexity index is 1290. The third kappa shape index (κ3) is 12.7. The van der Waals surface area contributed by atoms with Crippen molar-refractivity contribution in [3.05, 3.63) is 0 Å². The van der Waals surface area contributed by atoms with Gasteiger partial charge in [-0.15, -0.1) is 0 Å². The number of carbonyl (C=O) groups excluding carboxylic acids is 6. The Balaban J connectivity index is 3.21. The minimum atomic E-state index is -1.25. The lowest BCUT2D eigenvalue weighted by Gasteiger charge is -2.37. The zero-order chi connectivity index (χ0) is 40.0.